The van der Waals surface area contributed by atoms with E-state index in [9.17, 15) is 0 Å². The first-order valence-corrected chi connectivity index (χ1v) is 7.67. The first-order valence-electron chi connectivity index (χ1n) is 5.97. The van der Waals surface area contributed by atoms with Gasteiger partial charge in [-0.3, -0.25) is 0 Å². The van der Waals surface area contributed by atoms with Crippen molar-refractivity contribution < 1.29 is 4.74 Å². The van der Waals surface area contributed by atoms with Crippen LogP contribution in [0.2, 0.25) is 0 Å². The van der Waals surface area contributed by atoms with Gasteiger partial charge in [0.05, 0.1) is 7.11 Å². The molecule has 2 aromatic heterocycles. The third-order valence-corrected chi connectivity index (χ3v) is 4.34. The van der Waals surface area contributed by atoms with Crippen molar-refractivity contribution in [3.8, 4) is 5.75 Å². The minimum absolute atomic E-state index is 0.675. The minimum atomic E-state index is 0.675. The van der Waals surface area contributed by atoms with Crippen molar-refractivity contribution in [2.75, 3.05) is 19.0 Å². The summed E-state index contributed by atoms with van der Waals surface area (Å²) in [5, 5.41) is 6.04. The fourth-order valence-electron chi connectivity index (χ4n) is 1.45. The van der Waals surface area contributed by atoms with Crippen molar-refractivity contribution >= 4 is 28.9 Å². The Labute approximate surface area is 120 Å². The highest BCUT2D eigenvalue weighted by Crippen LogP contribution is 2.37. The molecule has 1 N–H and O–H groups in total. The van der Waals surface area contributed by atoms with Gasteiger partial charge in [0.25, 0.3) is 0 Å². The van der Waals surface area contributed by atoms with Gasteiger partial charge in [-0.25, -0.2) is 15.0 Å². The lowest BCUT2D eigenvalue weighted by Crippen LogP contribution is -2.05. The van der Waals surface area contributed by atoms with Crippen LogP contribution in [-0.2, 0) is 0 Å². The summed E-state index contributed by atoms with van der Waals surface area (Å²) in [6.07, 6.45) is 2.57. The van der Waals surface area contributed by atoms with E-state index in [1.807, 2.05) is 12.3 Å². The number of aryl methyl sites for hydroxylation is 1. The predicted octanol–water partition coefficient (Wildman–Crippen LogP) is 3.22. The van der Waals surface area contributed by atoms with E-state index < -0.39 is 0 Å². The van der Waals surface area contributed by atoms with E-state index in [0.717, 1.165) is 33.8 Å². The van der Waals surface area contributed by atoms with Gasteiger partial charge in [0.15, 0.2) is 20.9 Å². The van der Waals surface area contributed by atoms with Crippen molar-refractivity contribution in [1.82, 2.24) is 15.0 Å². The summed E-state index contributed by atoms with van der Waals surface area (Å²) >= 11 is 3.10. The fourth-order valence-corrected chi connectivity index (χ4v) is 3.27. The Morgan fingerprint density at radius 3 is 2.89 bits per heavy atom. The smallest absolute Gasteiger partial charge is 0.194 e. The topological polar surface area (TPSA) is 59.9 Å². The molecule has 0 spiro atoms. The highest BCUT2D eigenvalue weighted by atomic mass is 32.2. The number of aromatic nitrogens is 3. The Morgan fingerprint density at radius 1 is 1.42 bits per heavy atom. The third kappa shape index (κ3) is 3.57. The summed E-state index contributed by atoms with van der Waals surface area (Å²) in [4.78, 5) is 12.9. The molecule has 5 nitrogen and oxygen atoms in total. The molecule has 2 rings (SSSR count). The molecular weight excluding hydrogens is 280 g/mol. The quantitative estimate of drug-likeness (QED) is 0.826. The fraction of sp³-hybridized carbons (Fsp3) is 0.417. The van der Waals surface area contributed by atoms with Gasteiger partial charge in [0, 0.05) is 17.6 Å². The van der Waals surface area contributed by atoms with Gasteiger partial charge in [0.2, 0.25) is 0 Å². The largest absolute Gasteiger partial charge is 0.490 e. The standard InChI is InChI=1S/C12H16N4OS2/c1-4-5-13-10-9(17-3)11(15-7-14-10)19-12-16-8(2)6-18-12/h6-7H,4-5H2,1-3H3,(H,13,14,15). The monoisotopic (exact) mass is 296 g/mol. The van der Waals surface area contributed by atoms with Crippen molar-refractivity contribution in [2.24, 2.45) is 0 Å². The number of hydrogen-bond acceptors (Lipinski definition) is 7. The molecular formula is C12H16N4OS2. The third-order valence-electron chi connectivity index (χ3n) is 2.30. The predicted molar refractivity (Wildman–Crippen MR) is 78.3 cm³/mol. The molecule has 0 unspecified atom stereocenters. The summed E-state index contributed by atoms with van der Waals surface area (Å²) in [7, 11) is 1.63. The Kier molecular flexibility index (Phi) is 4.98. The van der Waals surface area contributed by atoms with Crippen molar-refractivity contribution in [1.29, 1.82) is 0 Å². The lowest BCUT2D eigenvalue weighted by atomic mass is 10.4. The number of methoxy groups -OCH3 is 1. The van der Waals surface area contributed by atoms with Gasteiger partial charge >= 0.3 is 0 Å². The number of anilines is 1. The summed E-state index contributed by atoms with van der Waals surface area (Å²) < 4.78 is 6.38. The second-order valence-corrected chi connectivity index (χ2v) is 5.94. The Balaban J connectivity index is 2.24. The highest BCUT2D eigenvalue weighted by Gasteiger charge is 2.14. The van der Waals surface area contributed by atoms with Crippen LogP contribution in [0.5, 0.6) is 5.75 Å². The second kappa shape index (κ2) is 6.72. The number of rotatable bonds is 6. The average Bonchev–Trinajstić information content (AvgIpc) is 2.82. The second-order valence-electron chi connectivity index (χ2n) is 3.84. The van der Waals surface area contributed by atoms with Crippen LogP contribution < -0.4 is 10.1 Å². The molecule has 2 heterocycles. The molecule has 0 aliphatic heterocycles. The molecule has 2 aromatic rings. The van der Waals surface area contributed by atoms with Crippen molar-refractivity contribution in [3.05, 3.63) is 17.4 Å². The van der Waals surface area contributed by atoms with E-state index in [-0.39, 0.29) is 0 Å². The van der Waals surface area contributed by atoms with Crippen LogP contribution in [0.25, 0.3) is 0 Å². The van der Waals surface area contributed by atoms with Crippen LogP contribution in [0.3, 0.4) is 0 Å². The molecule has 0 aromatic carbocycles. The molecule has 0 fully saturated rings. The van der Waals surface area contributed by atoms with Gasteiger partial charge in [0.1, 0.15) is 6.33 Å². The zero-order valence-electron chi connectivity index (χ0n) is 11.1. The van der Waals surface area contributed by atoms with Gasteiger partial charge in [-0.2, -0.15) is 0 Å². The number of thiazole rings is 1. The minimum Gasteiger partial charge on any atom is -0.490 e. The molecule has 0 aliphatic rings. The summed E-state index contributed by atoms with van der Waals surface area (Å²) in [5.41, 5.74) is 1.02. The van der Waals surface area contributed by atoms with Crippen LogP contribution in [0.1, 0.15) is 19.0 Å². The number of nitrogens with zero attached hydrogens (tertiary/aromatic N) is 3. The van der Waals surface area contributed by atoms with E-state index in [4.69, 9.17) is 4.74 Å². The SMILES string of the molecule is CCCNc1ncnc(Sc2nc(C)cs2)c1OC. The molecule has 0 saturated heterocycles. The number of ether oxygens (including phenoxy) is 1. The summed E-state index contributed by atoms with van der Waals surface area (Å²) in [6.45, 7) is 4.94. The molecule has 0 aliphatic carbocycles. The van der Waals surface area contributed by atoms with E-state index >= 15 is 0 Å². The van der Waals surface area contributed by atoms with Crippen LogP contribution in [0, 0.1) is 6.92 Å². The first kappa shape index (κ1) is 14.1. The van der Waals surface area contributed by atoms with E-state index in [2.05, 4.69) is 27.2 Å². The van der Waals surface area contributed by atoms with Gasteiger partial charge in [-0.1, -0.05) is 6.92 Å². The molecule has 0 atom stereocenters. The number of nitrogens with one attached hydrogen (secondary N) is 1. The van der Waals surface area contributed by atoms with Gasteiger partial charge in [-0.05, 0) is 25.1 Å². The van der Waals surface area contributed by atoms with Crippen molar-refractivity contribution in [3.63, 3.8) is 0 Å². The van der Waals surface area contributed by atoms with Gasteiger partial charge in [-0.15, -0.1) is 11.3 Å². The zero-order valence-corrected chi connectivity index (χ0v) is 12.8. The van der Waals surface area contributed by atoms with Crippen LogP contribution in [0.4, 0.5) is 5.82 Å². The number of hydrogen-bond donors (Lipinski definition) is 1. The van der Waals surface area contributed by atoms with Crippen molar-refractivity contribution in [2.45, 2.75) is 29.6 Å². The molecule has 19 heavy (non-hydrogen) atoms. The molecule has 0 radical (unpaired) electrons. The molecule has 7 heteroatoms. The first-order chi connectivity index (χ1) is 9.24. The normalized spacial score (nSPS) is 10.5. The Hall–Kier alpha value is -1.34. The molecule has 0 bridgehead atoms. The van der Waals surface area contributed by atoms with E-state index in [1.54, 1.807) is 24.8 Å². The van der Waals surface area contributed by atoms with E-state index in [1.165, 1.54) is 11.8 Å². The summed E-state index contributed by atoms with van der Waals surface area (Å²) in [5.74, 6) is 1.41. The lowest BCUT2D eigenvalue weighted by Gasteiger charge is -2.11. The van der Waals surface area contributed by atoms with Crippen LogP contribution in [0.15, 0.2) is 21.1 Å². The lowest BCUT2D eigenvalue weighted by molar-refractivity contribution is 0.400. The maximum atomic E-state index is 5.42. The summed E-state index contributed by atoms with van der Waals surface area (Å²) in [6, 6.07) is 0. The van der Waals surface area contributed by atoms with Gasteiger partial charge < -0.3 is 10.1 Å². The van der Waals surface area contributed by atoms with Crippen LogP contribution >= 0.6 is 23.1 Å². The maximum Gasteiger partial charge on any atom is 0.194 e. The zero-order chi connectivity index (χ0) is 13.7. The average molecular weight is 296 g/mol. The van der Waals surface area contributed by atoms with E-state index in [0.29, 0.717) is 5.75 Å². The molecule has 0 saturated carbocycles. The highest BCUT2D eigenvalue weighted by molar-refractivity contribution is 8.01. The Bertz CT molecular complexity index is 544. The van der Waals surface area contributed by atoms with Crippen LogP contribution in [-0.4, -0.2) is 28.6 Å². The Morgan fingerprint density at radius 2 is 2.26 bits per heavy atom. The molecule has 0 amide bonds. The molecule has 102 valence electrons. The maximum absolute atomic E-state index is 5.42.